The van der Waals surface area contributed by atoms with Crippen molar-refractivity contribution in [2.75, 3.05) is 6.61 Å². The Morgan fingerprint density at radius 3 is 1.95 bits per heavy atom. The topological polar surface area (TPSA) is 9.23 Å². The molecule has 0 atom stereocenters. The van der Waals surface area contributed by atoms with Crippen molar-refractivity contribution < 1.29 is 4.74 Å². The van der Waals surface area contributed by atoms with Gasteiger partial charge in [0, 0.05) is 5.56 Å². The molecule has 0 saturated heterocycles. The van der Waals surface area contributed by atoms with Gasteiger partial charge in [0.25, 0.3) is 0 Å². The summed E-state index contributed by atoms with van der Waals surface area (Å²) in [5.74, 6) is 10.8. The Balaban J connectivity index is 1.17. The zero-order valence-electron chi connectivity index (χ0n) is 24.1. The maximum Gasteiger partial charge on any atom is 0.119 e. The summed E-state index contributed by atoms with van der Waals surface area (Å²) in [6, 6.07) is 18.0. The smallest absolute Gasteiger partial charge is 0.119 e. The molecule has 0 unspecified atom stereocenters. The summed E-state index contributed by atoms with van der Waals surface area (Å²) in [5, 5.41) is 0. The third-order valence-corrected chi connectivity index (χ3v) is 9.00. The average Bonchev–Trinajstić information content (AvgIpc) is 2.97. The van der Waals surface area contributed by atoms with E-state index in [1.54, 1.807) is 0 Å². The zero-order valence-corrected chi connectivity index (χ0v) is 24.1. The van der Waals surface area contributed by atoms with Crippen LogP contribution >= 0.6 is 0 Å². The van der Waals surface area contributed by atoms with Crippen molar-refractivity contribution in [2.24, 2.45) is 11.8 Å². The lowest BCUT2D eigenvalue weighted by molar-refractivity contribution is 0.303. The Kier molecular flexibility index (Phi) is 11.9. The minimum Gasteiger partial charge on any atom is -0.494 e. The van der Waals surface area contributed by atoms with Crippen LogP contribution in [0.15, 0.2) is 60.7 Å². The normalized spacial score (nSPS) is 23.6. The average molecular weight is 511 g/mol. The van der Waals surface area contributed by atoms with E-state index in [-0.39, 0.29) is 0 Å². The van der Waals surface area contributed by atoms with Gasteiger partial charge in [0.2, 0.25) is 0 Å². The van der Waals surface area contributed by atoms with Crippen molar-refractivity contribution in [1.29, 1.82) is 0 Å². The molecule has 0 amide bonds. The maximum atomic E-state index is 5.82. The molecule has 2 aromatic rings. The molecule has 0 N–H and O–H groups in total. The summed E-state index contributed by atoms with van der Waals surface area (Å²) in [6.07, 6.45) is 23.0. The van der Waals surface area contributed by atoms with Gasteiger partial charge in [0.1, 0.15) is 5.75 Å². The fraction of sp³-hybridized carbons (Fsp3) is 0.568. The second-order valence-corrected chi connectivity index (χ2v) is 11.8. The highest BCUT2D eigenvalue weighted by Crippen LogP contribution is 2.38. The number of allylic oxidation sites excluding steroid dienone is 2. The molecular formula is C37H50O. The molecule has 2 fully saturated rings. The first-order valence-corrected chi connectivity index (χ1v) is 15.8. The Bertz CT molecular complexity index is 1000. The quantitative estimate of drug-likeness (QED) is 0.216. The number of hydrogen-bond donors (Lipinski definition) is 0. The SMILES string of the molecule is CCCCC[C@H]1CC[C@H](c2ccc(C#CC=C[C@H]3CC[C@H](c4ccc(OCCCC)cc4)CC3)cc2)CC1. The molecule has 0 spiro atoms. The highest BCUT2D eigenvalue weighted by Gasteiger charge is 2.22. The van der Waals surface area contributed by atoms with Gasteiger partial charge in [0.15, 0.2) is 0 Å². The van der Waals surface area contributed by atoms with Crippen LogP contribution in [0.25, 0.3) is 0 Å². The second-order valence-electron chi connectivity index (χ2n) is 11.8. The van der Waals surface area contributed by atoms with E-state index in [0.29, 0.717) is 11.8 Å². The summed E-state index contributed by atoms with van der Waals surface area (Å²) in [7, 11) is 0. The minimum atomic E-state index is 0.664. The van der Waals surface area contributed by atoms with Gasteiger partial charge < -0.3 is 4.74 Å². The second kappa shape index (κ2) is 15.8. The van der Waals surface area contributed by atoms with Gasteiger partial charge in [-0.2, -0.15) is 0 Å². The van der Waals surface area contributed by atoms with Crippen molar-refractivity contribution in [1.82, 2.24) is 0 Å². The van der Waals surface area contributed by atoms with Crippen molar-refractivity contribution in [3.05, 3.63) is 77.4 Å². The Hall–Kier alpha value is -2.46. The van der Waals surface area contributed by atoms with Gasteiger partial charge in [-0.15, -0.1) is 0 Å². The molecule has 0 heterocycles. The first-order chi connectivity index (χ1) is 18.7. The zero-order chi connectivity index (χ0) is 26.4. The molecule has 2 aliphatic rings. The molecule has 2 saturated carbocycles. The highest BCUT2D eigenvalue weighted by molar-refractivity contribution is 5.39. The lowest BCUT2D eigenvalue weighted by Gasteiger charge is -2.29. The minimum absolute atomic E-state index is 0.664. The predicted molar refractivity (Wildman–Crippen MR) is 163 cm³/mol. The lowest BCUT2D eigenvalue weighted by atomic mass is 9.77. The number of unbranched alkanes of at least 4 members (excludes halogenated alkanes) is 3. The van der Waals surface area contributed by atoms with Crippen LogP contribution in [0.4, 0.5) is 0 Å². The van der Waals surface area contributed by atoms with Crippen LogP contribution in [-0.4, -0.2) is 6.61 Å². The van der Waals surface area contributed by atoms with Crippen LogP contribution < -0.4 is 4.74 Å². The van der Waals surface area contributed by atoms with Crippen LogP contribution in [0, 0.1) is 23.7 Å². The van der Waals surface area contributed by atoms with Gasteiger partial charge in [-0.25, -0.2) is 0 Å². The van der Waals surface area contributed by atoms with Crippen LogP contribution in [-0.2, 0) is 0 Å². The summed E-state index contributed by atoms with van der Waals surface area (Å²) in [5.41, 5.74) is 4.13. The van der Waals surface area contributed by atoms with Gasteiger partial charge in [-0.3, -0.25) is 0 Å². The third-order valence-electron chi connectivity index (χ3n) is 9.00. The fourth-order valence-corrected chi connectivity index (χ4v) is 6.43. The van der Waals surface area contributed by atoms with E-state index in [9.17, 15) is 0 Å². The monoisotopic (exact) mass is 510 g/mol. The number of ether oxygens (including phenoxy) is 1. The first kappa shape index (κ1) is 28.5. The molecule has 0 aromatic heterocycles. The van der Waals surface area contributed by atoms with E-state index in [1.807, 2.05) is 0 Å². The lowest BCUT2D eigenvalue weighted by Crippen LogP contribution is -2.13. The van der Waals surface area contributed by atoms with E-state index in [2.05, 4.69) is 86.4 Å². The number of hydrogen-bond acceptors (Lipinski definition) is 1. The third kappa shape index (κ3) is 9.08. The standard InChI is InChI=1S/C37H50O/c1-3-5-7-10-30-13-19-33(20-14-30)34-21-15-31(16-22-34)11-8-9-12-32-17-23-35(24-18-32)36-25-27-37(28-26-36)38-29-6-4-2/h9,12,15-16,21-22,25-28,30,32-33,35H,3-7,10,13-14,17-20,23-24,29H2,1-2H3/t30-,32-,33-,35-. The summed E-state index contributed by atoms with van der Waals surface area (Å²) in [4.78, 5) is 0. The summed E-state index contributed by atoms with van der Waals surface area (Å²) in [6.45, 7) is 5.32. The van der Waals surface area contributed by atoms with Crippen molar-refractivity contribution in [3.8, 4) is 17.6 Å². The molecule has 1 heteroatoms. The van der Waals surface area contributed by atoms with Crippen molar-refractivity contribution in [2.45, 2.75) is 116 Å². The van der Waals surface area contributed by atoms with E-state index in [4.69, 9.17) is 4.74 Å². The van der Waals surface area contributed by atoms with Crippen molar-refractivity contribution >= 4 is 0 Å². The van der Waals surface area contributed by atoms with Crippen LogP contribution in [0.2, 0.25) is 0 Å². The number of benzene rings is 2. The Morgan fingerprint density at radius 2 is 1.32 bits per heavy atom. The summed E-state index contributed by atoms with van der Waals surface area (Å²) < 4.78 is 5.82. The molecular weight excluding hydrogens is 460 g/mol. The molecule has 0 aliphatic heterocycles. The van der Waals surface area contributed by atoms with E-state index < -0.39 is 0 Å². The number of rotatable bonds is 11. The molecule has 4 rings (SSSR count). The van der Waals surface area contributed by atoms with Crippen molar-refractivity contribution in [3.63, 3.8) is 0 Å². The molecule has 1 nitrogen and oxygen atoms in total. The van der Waals surface area contributed by atoms with Gasteiger partial charge in [-0.05, 0) is 123 Å². The maximum absolute atomic E-state index is 5.82. The molecule has 0 radical (unpaired) electrons. The van der Waals surface area contributed by atoms with Crippen LogP contribution in [0.1, 0.15) is 132 Å². The van der Waals surface area contributed by atoms with Crippen LogP contribution in [0.5, 0.6) is 5.75 Å². The molecule has 38 heavy (non-hydrogen) atoms. The van der Waals surface area contributed by atoms with Crippen LogP contribution in [0.3, 0.4) is 0 Å². The highest BCUT2D eigenvalue weighted by atomic mass is 16.5. The molecule has 204 valence electrons. The summed E-state index contributed by atoms with van der Waals surface area (Å²) >= 11 is 0. The molecule has 0 bridgehead atoms. The van der Waals surface area contributed by atoms with Gasteiger partial charge >= 0.3 is 0 Å². The van der Waals surface area contributed by atoms with E-state index in [0.717, 1.165) is 36.2 Å². The van der Waals surface area contributed by atoms with E-state index >= 15 is 0 Å². The Labute approximate surface area is 233 Å². The molecule has 2 aliphatic carbocycles. The fourth-order valence-electron chi connectivity index (χ4n) is 6.43. The Morgan fingerprint density at radius 1 is 0.711 bits per heavy atom. The molecule has 2 aromatic carbocycles. The first-order valence-electron chi connectivity index (χ1n) is 15.8. The van der Waals surface area contributed by atoms with E-state index in [1.165, 1.54) is 94.6 Å². The predicted octanol–water partition coefficient (Wildman–Crippen LogP) is 10.6. The van der Waals surface area contributed by atoms with Gasteiger partial charge in [-0.1, -0.05) is 88.1 Å². The van der Waals surface area contributed by atoms with Gasteiger partial charge in [0.05, 0.1) is 6.61 Å². The largest absolute Gasteiger partial charge is 0.494 e.